The van der Waals surface area contributed by atoms with E-state index < -0.39 is 29.9 Å². The molecule has 94 valence electrons. The molecule has 0 bridgehead atoms. The summed E-state index contributed by atoms with van der Waals surface area (Å²) in [6.45, 7) is 4.96. The molecule has 0 aromatic rings. The Hall–Kier alpha value is -1.10. The molecule has 0 aliphatic heterocycles. The minimum absolute atomic E-state index is 0.0342. The number of hydrogen-bond acceptors (Lipinski definition) is 5. The fourth-order valence-electron chi connectivity index (χ4n) is 1.02. The molecule has 1 N–H and O–H groups in total. The maximum absolute atomic E-state index is 11.5. The third-order valence-electron chi connectivity index (χ3n) is 2.58. The highest BCUT2D eigenvalue weighted by Crippen LogP contribution is 2.14. The molecule has 0 aliphatic rings. The van der Waals surface area contributed by atoms with Crippen molar-refractivity contribution in [2.24, 2.45) is 11.8 Å². The third kappa shape index (κ3) is 4.61. The number of rotatable bonds is 6. The Morgan fingerprint density at radius 3 is 2.12 bits per heavy atom. The Balaban J connectivity index is 4.12. The van der Waals surface area contributed by atoms with Crippen LogP contribution in [0, 0.1) is 11.8 Å². The van der Waals surface area contributed by atoms with Crippen LogP contribution in [0.4, 0.5) is 0 Å². The van der Waals surface area contributed by atoms with Crippen LogP contribution >= 0.6 is 0 Å². The number of hydrogen-bond donors (Lipinski definition) is 1. The number of carbonyl (C=O) groups excluding carboxylic acids is 2. The van der Waals surface area contributed by atoms with Gasteiger partial charge in [-0.3, -0.25) is 9.59 Å². The van der Waals surface area contributed by atoms with Crippen molar-refractivity contribution in [1.82, 2.24) is 0 Å². The van der Waals surface area contributed by atoms with Crippen molar-refractivity contribution in [1.29, 1.82) is 0 Å². The summed E-state index contributed by atoms with van der Waals surface area (Å²) in [5, 5.41) is 9.21. The van der Waals surface area contributed by atoms with Crippen LogP contribution in [0.2, 0.25) is 0 Å². The van der Waals surface area contributed by atoms with E-state index in [-0.39, 0.29) is 6.61 Å². The zero-order chi connectivity index (χ0) is 12.7. The molecule has 0 saturated heterocycles. The summed E-state index contributed by atoms with van der Waals surface area (Å²) in [4.78, 5) is 22.7. The van der Waals surface area contributed by atoms with Gasteiger partial charge in [-0.15, -0.1) is 0 Å². The van der Waals surface area contributed by atoms with E-state index in [0.29, 0.717) is 6.42 Å². The van der Waals surface area contributed by atoms with E-state index in [9.17, 15) is 14.7 Å². The average molecular weight is 232 g/mol. The lowest BCUT2D eigenvalue weighted by Gasteiger charge is -2.17. The predicted octanol–water partition coefficient (Wildman–Crippen LogP) is 0.746. The van der Waals surface area contributed by atoms with Crippen molar-refractivity contribution in [3.63, 3.8) is 0 Å². The standard InChI is InChI=1S/C11H20O5/c1-5-9(12)6-16-11(14)8(3)7(2)10(13)15-4/h7-9,12H,5-6H2,1-4H3. The normalized spacial score (nSPS) is 16.1. The number of esters is 2. The first-order chi connectivity index (χ1) is 7.43. The summed E-state index contributed by atoms with van der Waals surface area (Å²) >= 11 is 0. The van der Waals surface area contributed by atoms with Crippen molar-refractivity contribution in [2.75, 3.05) is 13.7 Å². The molecule has 0 saturated carbocycles. The average Bonchev–Trinajstić information content (AvgIpc) is 2.32. The van der Waals surface area contributed by atoms with Gasteiger partial charge in [0.2, 0.25) is 0 Å². The van der Waals surface area contributed by atoms with Gasteiger partial charge in [0.05, 0.1) is 25.0 Å². The lowest BCUT2D eigenvalue weighted by atomic mass is 9.96. The molecule has 3 atom stereocenters. The Labute approximate surface area is 95.7 Å². The van der Waals surface area contributed by atoms with E-state index in [2.05, 4.69) is 4.74 Å². The van der Waals surface area contributed by atoms with Crippen LogP contribution in [-0.2, 0) is 19.1 Å². The molecule has 0 spiro atoms. The minimum atomic E-state index is -0.649. The lowest BCUT2D eigenvalue weighted by Crippen LogP contribution is -2.29. The predicted molar refractivity (Wildman–Crippen MR) is 57.6 cm³/mol. The molecule has 0 amide bonds. The van der Waals surface area contributed by atoms with Crippen LogP contribution in [0.1, 0.15) is 27.2 Å². The van der Waals surface area contributed by atoms with Crippen LogP contribution in [0.3, 0.4) is 0 Å². The number of carbonyl (C=O) groups is 2. The summed E-state index contributed by atoms with van der Waals surface area (Å²) in [7, 11) is 1.28. The first kappa shape index (κ1) is 14.9. The van der Waals surface area contributed by atoms with Gasteiger partial charge in [-0.1, -0.05) is 20.8 Å². The highest BCUT2D eigenvalue weighted by molar-refractivity contribution is 5.81. The molecule has 16 heavy (non-hydrogen) atoms. The Kier molecular flexibility index (Phi) is 6.72. The second-order valence-electron chi connectivity index (χ2n) is 3.79. The van der Waals surface area contributed by atoms with E-state index >= 15 is 0 Å². The van der Waals surface area contributed by atoms with Crippen molar-refractivity contribution in [3.05, 3.63) is 0 Å². The highest BCUT2D eigenvalue weighted by Gasteiger charge is 2.28. The van der Waals surface area contributed by atoms with E-state index in [4.69, 9.17) is 4.74 Å². The van der Waals surface area contributed by atoms with E-state index in [1.54, 1.807) is 20.8 Å². The molecule has 0 aliphatic carbocycles. The lowest BCUT2D eigenvalue weighted by molar-refractivity contribution is -0.159. The van der Waals surface area contributed by atoms with E-state index in [1.807, 2.05) is 0 Å². The molecule has 0 aromatic carbocycles. The molecular formula is C11H20O5. The topological polar surface area (TPSA) is 72.8 Å². The summed E-state index contributed by atoms with van der Waals surface area (Å²) < 4.78 is 9.41. The Morgan fingerprint density at radius 1 is 1.19 bits per heavy atom. The fourth-order valence-corrected chi connectivity index (χ4v) is 1.02. The SMILES string of the molecule is CCC(O)COC(=O)C(C)C(C)C(=O)OC. The third-order valence-corrected chi connectivity index (χ3v) is 2.58. The van der Waals surface area contributed by atoms with Gasteiger partial charge in [-0.25, -0.2) is 0 Å². The van der Waals surface area contributed by atoms with Gasteiger partial charge in [0.25, 0.3) is 0 Å². The largest absolute Gasteiger partial charge is 0.469 e. The summed E-state index contributed by atoms with van der Waals surface area (Å²) in [6.07, 6.45) is -0.126. The second-order valence-corrected chi connectivity index (χ2v) is 3.79. The van der Waals surface area contributed by atoms with Crippen LogP contribution in [0.25, 0.3) is 0 Å². The van der Waals surface area contributed by atoms with E-state index in [0.717, 1.165) is 0 Å². The van der Waals surface area contributed by atoms with E-state index in [1.165, 1.54) is 7.11 Å². The maximum atomic E-state index is 11.5. The van der Waals surface area contributed by atoms with Crippen molar-refractivity contribution >= 4 is 11.9 Å². The molecule has 0 aromatic heterocycles. The van der Waals surface area contributed by atoms with Gasteiger partial charge in [-0.2, -0.15) is 0 Å². The first-order valence-electron chi connectivity index (χ1n) is 5.36. The van der Waals surface area contributed by atoms with Crippen molar-refractivity contribution in [2.45, 2.75) is 33.3 Å². The van der Waals surface area contributed by atoms with Crippen LogP contribution in [-0.4, -0.2) is 36.9 Å². The molecular weight excluding hydrogens is 212 g/mol. The minimum Gasteiger partial charge on any atom is -0.469 e. The molecule has 0 heterocycles. The monoisotopic (exact) mass is 232 g/mol. The quantitative estimate of drug-likeness (QED) is 0.684. The van der Waals surface area contributed by atoms with Gasteiger partial charge >= 0.3 is 11.9 Å². The zero-order valence-electron chi connectivity index (χ0n) is 10.2. The van der Waals surface area contributed by atoms with Gasteiger partial charge in [-0.05, 0) is 6.42 Å². The number of aliphatic hydroxyl groups is 1. The van der Waals surface area contributed by atoms with Gasteiger partial charge in [0.1, 0.15) is 6.61 Å². The molecule has 0 rings (SSSR count). The number of methoxy groups -OCH3 is 1. The van der Waals surface area contributed by atoms with Gasteiger partial charge in [0, 0.05) is 0 Å². The number of aliphatic hydroxyl groups excluding tert-OH is 1. The highest BCUT2D eigenvalue weighted by atomic mass is 16.5. The maximum Gasteiger partial charge on any atom is 0.309 e. The molecule has 0 radical (unpaired) electrons. The van der Waals surface area contributed by atoms with Gasteiger partial charge < -0.3 is 14.6 Å². The molecule has 5 heteroatoms. The zero-order valence-corrected chi connectivity index (χ0v) is 10.2. The second kappa shape index (κ2) is 7.22. The van der Waals surface area contributed by atoms with Gasteiger partial charge in [0.15, 0.2) is 0 Å². The first-order valence-corrected chi connectivity index (χ1v) is 5.36. The van der Waals surface area contributed by atoms with Crippen molar-refractivity contribution < 1.29 is 24.2 Å². The Bertz CT molecular complexity index is 239. The fraction of sp³-hybridized carbons (Fsp3) is 0.818. The summed E-state index contributed by atoms with van der Waals surface area (Å²) in [6, 6.07) is 0. The Morgan fingerprint density at radius 2 is 1.69 bits per heavy atom. The molecule has 3 unspecified atom stereocenters. The number of ether oxygens (including phenoxy) is 2. The smallest absolute Gasteiger partial charge is 0.309 e. The summed E-state index contributed by atoms with van der Waals surface area (Å²) in [5.41, 5.74) is 0. The van der Waals surface area contributed by atoms with Crippen LogP contribution in [0.5, 0.6) is 0 Å². The summed E-state index contributed by atoms with van der Waals surface area (Å²) in [5.74, 6) is -2.06. The molecule has 0 fully saturated rings. The molecule has 5 nitrogen and oxygen atoms in total. The van der Waals surface area contributed by atoms with Crippen LogP contribution < -0.4 is 0 Å². The van der Waals surface area contributed by atoms with Crippen LogP contribution in [0.15, 0.2) is 0 Å². The van der Waals surface area contributed by atoms with Crippen molar-refractivity contribution in [3.8, 4) is 0 Å².